The molecule has 0 fully saturated rings. The van der Waals surface area contributed by atoms with Gasteiger partial charge in [-0.25, -0.2) is 9.67 Å². The van der Waals surface area contributed by atoms with Gasteiger partial charge in [0.15, 0.2) is 0 Å². The molecule has 0 saturated heterocycles. The van der Waals surface area contributed by atoms with Crippen molar-refractivity contribution in [3.63, 3.8) is 0 Å². The second-order valence-electron chi connectivity index (χ2n) is 8.48. The zero-order valence-corrected chi connectivity index (χ0v) is 19.0. The summed E-state index contributed by atoms with van der Waals surface area (Å²) in [6, 6.07) is 27.8. The van der Waals surface area contributed by atoms with Crippen molar-refractivity contribution in [2.45, 2.75) is 19.6 Å². The number of hydrogen-bond donors (Lipinski definition) is 0. The summed E-state index contributed by atoms with van der Waals surface area (Å²) in [6.45, 7) is 4.03. The zero-order chi connectivity index (χ0) is 23.1. The summed E-state index contributed by atoms with van der Waals surface area (Å²) in [5.41, 5.74) is 4.87. The third-order valence-electron chi connectivity index (χ3n) is 5.90. The maximum Gasteiger partial charge on any atom is 0.293 e. The Labute approximate surface area is 197 Å². The van der Waals surface area contributed by atoms with E-state index in [4.69, 9.17) is 14.5 Å². The van der Waals surface area contributed by atoms with Crippen molar-refractivity contribution in [3.8, 4) is 17.2 Å². The van der Waals surface area contributed by atoms with Crippen molar-refractivity contribution in [1.29, 1.82) is 0 Å². The Kier molecular flexibility index (Phi) is 4.69. The molecule has 2 aliphatic rings. The third-order valence-corrected chi connectivity index (χ3v) is 5.90. The first kappa shape index (κ1) is 20.2. The first-order chi connectivity index (χ1) is 16.6. The molecule has 1 unspecified atom stereocenters. The molecule has 34 heavy (non-hydrogen) atoms. The summed E-state index contributed by atoms with van der Waals surface area (Å²) >= 11 is 0. The standard InChI is InChI=1S/C29H23N3O2/c1-20-17-21(2)32(31-20)22-9-8-12-24(18-22)34-29(33-23-10-4-3-5-11-23)16-15-26-25-13-6-7-14-27(25)30-28(26)19-29/h3-19H,1-2H3. The Bertz CT molecular complexity index is 1580. The van der Waals surface area contributed by atoms with Crippen LogP contribution in [0.5, 0.6) is 11.5 Å². The van der Waals surface area contributed by atoms with E-state index in [0.29, 0.717) is 11.5 Å². The van der Waals surface area contributed by atoms with Gasteiger partial charge < -0.3 is 9.47 Å². The molecule has 1 aliphatic heterocycles. The number of rotatable bonds is 5. The van der Waals surface area contributed by atoms with Crippen LogP contribution in [0.25, 0.3) is 11.3 Å². The minimum atomic E-state index is -1.15. The van der Waals surface area contributed by atoms with E-state index in [1.54, 1.807) is 0 Å². The Morgan fingerprint density at radius 3 is 2.38 bits per heavy atom. The molecule has 1 atom stereocenters. The fraction of sp³-hybridized carbons (Fsp3) is 0.103. The third kappa shape index (κ3) is 3.61. The molecule has 0 amide bonds. The molecule has 4 aromatic rings. The quantitative estimate of drug-likeness (QED) is 0.423. The van der Waals surface area contributed by atoms with Gasteiger partial charge in [-0.3, -0.25) is 0 Å². The average molecular weight is 446 g/mol. The molecule has 3 aromatic carbocycles. The SMILES string of the molecule is Cc1cc(C)n(-c2cccc(OC3(Oc4ccccc4)C=CC4=c5ccccc5=NC4=C3)c2)n1. The van der Waals surface area contributed by atoms with Crippen molar-refractivity contribution in [1.82, 2.24) is 9.78 Å². The number of ether oxygens (including phenoxy) is 2. The summed E-state index contributed by atoms with van der Waals surface area (Å²) in [5.74, 6) is 0.221. The molecule has 6 rings (SSSR count). The van der Waals surface area contributed by atoms with E-state index >= 15 is 0 Å². The van der Waals surface area contributed by atoms with Crippen LogP contribution in [0.4, 0.5) is 0 Å². The van der Waals surface area contributed by atoms with E-state index in [2.05, 4.69) is 17.2 Å². The van der Waals surface area contributed by atoms with E-state index in [1.165, 1.54) is 0 Å². The molecule has 5 nitrogen and oxygen atoms in total. The fourth-order valence-corrected chi connectivity index (χ4v) is 4.42. The Morgan fingerprint density at radius 2 is 1.56 bits per heavy atom. The molecule has 0 N–H and O–H groups in total. The monoisotopic (exact) mass is 445 g/mol. The lowest BCUT2D eigenvalue weighted by Crippen LogP contribution is -2.40. The van der Waals surface area contributed by atoms with Crippen molar-refractivity contribution < 1.29 is 9.47 Å². The van der Waals surface area contributed by atoms with Crippen LogP contribution in [0.15, 0.2) is 114 Å². The van der Waals surface area contributed by atoms with Gasteiger partial charge in [0.25, 0.3) is 5.79 Å². The van der Waals surface area contributed by atoms with Gasteiger partial charge in [0.2, 0.25) is 0 Å². The van der Waals surface area contributed by atoms with Crippen molar-refractivity contribution in [2.24, 2.45) is 4.99 Å². The smallest absolute Gasteiger partial charge is 0.293 e. The highest BCUT2D eigenvalue weighted by molar-refractivity contribution is 5.76. The van der Waals surface area contributed by atoms with Crippen LogP contribution < -0.4 is 20.0 Å². The number of aryl methyl sites for hydroxylation is 2. The fourth-order valence-electron chi connectivity index (χ4n) is 4.42. The average Bonchev–Trinajstić information content (AvgIpc) is 3.37. The summed E-state index contributed by atoms with van der Waals surface area (Å²) in [5, 5.41) is 6.68. The molecule has 0 saturated carbocycles. The Hall–Kier alpha value is -4.38. The minimum absolute atomic E-state index is 0.668. The van der Waals surface area contributed by atoms with E-state index in [1.807, 2.05) is 110 Å². The van der Waals surface area contributed by atoms with E-state index < -0.39 is 5.79 Å². The first-order valence-corrected chi connectivity index (χ1v) is 11.3. The summed E-state index contributed by atoms with van der Waals surface area (Å²) in [7, 11) is 0. The predicted molar refractivity (Wildman–Crippen MR) is 131 cm³/mol. The molecule has 0 radical (unpaired) electrons. The maximum atomic E-state index is 6.56. The van der Waals surface area contributed by atoms with Gasteiger partial charge >= 0.3 is 0 Å². The van der Waals surface area contributed by atoms with Gasteiger partial charge in [0.05, 0.1) is 22.4 Å². The van der Waals surface area contributed by atoms with E-state index in [-0.39, 0.29) is 0 Å². The van der Waals surface area contributed by atoms with Crippen LogP contribution in [-0.2, 0) is 0 Å². The summed E-state index contributed by atoms with van der Waals surface area (Å²) in [4.78, 5) is 4.83. The van der Waals surface area contributed by atoms with Crippen LogP contribution in [0.1, 0.15) is 11.4 Å². The van der Waals surface area contributed by atoms with Gasteiger partial charge in [-0.2, -0.15) is 5.10 Å². The van der Waals surface area contributed by atoms with Crippen LogP contribution in [-0.4, -0.2) is 15.6 Å². The Balaban J connectivity index is 1.43. The van der Waals surface area contributed by atoms with Crippen molar-refractivity contribution in [2.75, 3.05) is 0 Å². The van der Waals surface area contributed by atoms with Crippen LogP contribution in [0.3, 0.4) is 0 Å². The molecule has 0 bridgehead atoms. The van der Waals surface area contributed by atoms with Gasteiger partial charge in [0.1, 0.15) is 11.5 Å². The highest BCUT2D eigenvalue weighted by Gasteiger charge is 2.35. The maximum absolute atomic E-state index is 6.56. The van der Waals surface area contributed by atoms with Crippen LogP contribution in [0.2, 0.25) is 0 Å². The lowest BCUT2D eigenvalue weighted by molar-refractivity contribution is -0.0286. The minimum Gasteiger partial charge on any atom is -0.445 e. The topological polar surface area (TPSA) is 48.6 Å². The lowest BCUT2D eigenvalue weighted by Gasteiger charge is -2.32. The molecule has 166 valence electrons. The highest BCUT2D eigenvalue weighted by atomic mass is 16.7. The van der Waals surface area contributed by atoms with Gasteiger partial charge in [-0.05, 0) is 56.3 Å². The van der Waals surface area contributed by atoms with Gasteiger partial charge in [0, 0.05) is 34.7 Å². The Morgan fingerprint density at radius 1 is 0.794 bits per heavy atom. The predicted octanol–water partition coefficient (Wildman–Crippen LogP) is 4.58. The summed E-state index contributed by atoms with van der Waals surface area (Å²) < 4.78 is 14.9. The number of hydrogen-bond acceptors (Lipinski definition) is 4. The van der Waals surface area contributed by atoms with Crippen LogP contribution >= 0.6 is 0 Å². The van der Waals surface area contributed by atoms with Gasteiger partial charge in [-0.1, -0.05) is 42.5 Å². The first-order valence-electron chi connectivity index (χ1n) is 11.3. The molecule has 1 aromatic heterocycles. The largest absolute Gasteiger partial charge is 0.445 e. The number of aromatic nitrogens is 2. The van der Waals surface area contributed by atoms with Crippen molar-refractivity contribution in [3.05, 3.63) is 131 Å². The molecular formula is C29H23N3O2. The second kappa shape index (κ2) is 7.89. The number of para-hydroxylation sites is 2. The van der Waals surface area contributed by atoms with Gasteiger partial charge in [-0.15, -0.1) is 0 Å². The number of benzene rings is 3. The van der Waals surface area contributed by atoms with Crippen LogP contribution in [0, 0.1) is 13.8 Å². The number of fused-ring (bicyclic) bond motifs is 2. The second-order valence-corrected chi connectivity index (χ2v) is 8.48. The number of allylic oxidation sites excluding steroid dienone is 1. The van der Waals surface area contributed by atoms with Crippen molar-refractivity contribution >= 4 is 5.57 Å². The summed E-state index contributed by atoms with van der Waals surface area (Å²) in [6.07, 6.45) is 5.94. The molecule has 5 heteroatoms. The molecule has 0 spiro atoms. The zero-order valence-electron chi connectivity index (χ0n) is 19.0. The lowest BCUT2D eigenvalue weighted by atomic mass is 10.0. The normalized spacial score (nSPS) is 18.1. The number of nitrogens with zero attached hydrogens (tertiary/aromatic N) is 3. The molecular weight excluding hydrogens is 422 g/mol. The highest BCUT2D eigenvalue weighted by Crippen LogP contribution is 2.34. The van der Waals surface area contributed by atoms with E-state index in [0.717, 1.165) is 38.9 Å². The molecule has 1 aliphatic carbocycles. The van der Waals surface area contributed by atoms with E-state index in [9.17, 15) is 0 Å². The molecule has 2 heterocycles.